The molecule has 1 N–H and O–H groups in total. The number of ether oxygens (including phenoxy) is 1. The summed E-state index contributed by atoms with van der Waals surface area (Å²) in [5.74, 6) is 2.02. The molecule has 4 unspecified atom stereocenters. The Morgan fingerprint density at radius 2 is 2.00 bits per heavy atom. The second-order valence-electron chi connectivity index (χ2n) is 7.10. The van der Waals surface area contributed by atoms with Crippen LogP contribution in [0, 0.1) is 17.8 Å². The molecule has 0 bridgehead atoms. The van der Waals surface area contributed by atoms with Gasteiger partial charge in [-0.2, -0.15) is 0 Å². The maximum Gasteiger partial charge on any atom is 0.0580 e. The van der Waals surface area contributed by atoms with Crippen LogP contribution in [0.4, 0.5) is 0 Å². The third-order valence-electron chi connectivity index (χ3n) is 5.12. The molecular weight excluding hydrogens is 250 g/mol. The molecule has 1 aliphatic carbocycles. The van der Waals surface area contributed by atoms with Crippen LogP contribution in [0.15, 0.2) is 0 Å². The van der Waals surface area contributed by atoms with E-state index in [-0.39, 0.29) is 6.10 Å². The zero-order valence-corrected chi connectivity index (χ0v) is 13.4. The zero-order chi connectivity index (χ0) is 14.4. The Morgan fingerprint density at radius 3 is 2.70 bits per heavy atom. The summed E-state index contributed by atoms with van der Waals surface area (Å²) in [6.07, 6.45) is 8.51. The van der Waals surface area contributed by atoms with E-state index in [1.54, 1.807) is 0 Å². The zero-order valence-electron chi connectivity index (χ0n) is 13.4. The predicted octanol–water partition coefficient (Wildman–Crippen LogP) is 2.92. The van der Waals surface area contributed by atoms with Gasteiger partial charge in [0.2, 0.25) is 0 Å². The van der Waals surface area contributed by atoms with E-state index in [2.05, 4.69) is 18.9 Å². The quantitative estimate of drug-likeness (QED) is 0.813. The molecule has 1 saturated heterocycles. The Kier molecular flexibility index (Phi) is 6.79. The van der Waals surface area contributed by atoms with Crippen molar-refractivity contribution in [2.24, 2.45) is 17.8 Å². The van der Waals surface area contributed by atoms with Crippen molar-refractivity contribution in [1.29, 1.82) is 0 Å². The van der Waals surface area contributed by atoms with Crippen LogP contribution in [0.5, 0.6) is 0 Å². The lowest BCUT2D eigenvalue weighted by Crippen LogP contribution is -2.40. The largest absolute Gasteiger partial charge is 0.393 e. The van der Waals surface area contributed by atoms with E-state index in [1.807, 2.05) is 0 Å². The topological polar surface area (TPSA) is 32.7 Å². The van der Waals surface area contributed by atoms with Gasteiger partial charge in [-0.3, -0.25) is 0 Å². The third-order valence-corrected chi connectivity index (χ3v) is 5.12. The highest BCUT2D eigenvalue weighted by Crippen LogP contribution is 2.32. The normalized spacial score (nSPS) is 35.4. The lowest BCUT2D eigenvalue weighted by molar-refractivity contribution is 0.0135. The van der Waals surface area contributed by atoms with E-state index in [9.17, 15) is 5.11 Å². The van der Waals surface area contributed by atoms with Gasteiger partial charge in [0.25, 0.3) is 0 Å². The minimum Gasteiger partial charge on any atom is -0.393 e. The first kappa shape index (κ1) is 16.3. The summed E-state index contributed by atoms with van der Waals surface area (Å²) in [6.45, 7) is 6.32. The van der Waals surface area contributed by atoms with Gasteiger partial charge >= 0.3 is 0 Å². The van der Waals surface area contributed by atoms with E-state index in [0.717, 1.165) is 38.6 Å². The molecule has 2 aliphatic rings. The van der Waals surface area contributed by atoms with Crippen LogP contribution < -0.4 is 0 Å². The van der Waals surface area contributed by atoms with Crippen LogP contribution in [-0.4, -0.2) is 49.5 Å². The van der Waals surface area contributed by atoms with Crippen molar-refractivity contribution in [2.45, 2.75) is 58.0 Å². The first-order valence-electron chi connectivity index (χ1n) is 8.63. The number of aliphatic hydroxyl groups is 1. The first-order valence-corrected chi connectivity index (χ1v) is 8.63. The van der Waals surface area contributed by atoms with Gasteiger partial charge in [-0.05, 0) is 56.9 Å². The standard InChI is InChI=1S/C17H33NO2/c1-3-5-14-7-8-17(19)16(10-14)12-18(2)11-15-6-4-9-20-13-15/h14-17,19H,3-13H2,1-2H3. The van der Waals surface area contributed by atoms with Crippen molar-refractivity contribution in [3.8, 4) is 0 Å². The molecule has 0 aromatic carbocycles. The molecule has 3 nitrogen and oxygen atoms in total. The van der Waals surface area contributed by atoms with Crippen molar-refractivity contribution in [3.05, 3.63) is 0 Å². The number of hydrogen-bond donors (Lipinski definition) is 1. The van der Waals surface area contributed by atoms with Gasteiger partial charge in [-0.25, -0.2) is 0 Å². The van der Waals surface area contributed by atoms with Crippen molar-refractivity contribution < 1.29 is 9.84 Å². The molecule has 118 valence electrons. The lowest BCUT2D eigenvalue weighted by atomic mass is 9.77. The monoisotopic (exact) mass is 283 g/mol. The summed E-state index contributed by atoms with van der Waals surface area (Å²) in [5, 5.41) is 10.3. The van der Waals surface area contributed by atoms with Gasteiger partial charge in [-0.15, -0.1) is 0 Å². The molecule has 1 heterocycles. The fourth-order valence-corrected chi connectivity index (χ4v) is 4.08. The van der Waals surface area contributed by atoms with Gasteiger partial charge in [0.15, 0.2) is 0 Å². The van der Waals surface area contributed by atoms with Gasteiger partial charge < -0.3 is 14.7 Å². The van der Waals surface area contributed by atoms with E-state index in [1.165, 1.54) is 38.5 Å². The van der Waals surface area contributed by atoms with Gasteiger partial charge in [0.05, 0.1) is 12.7 Å². The number of aliphatic hydroxyl groups excluding tert-OH is 1. The Hall–Kier alpha value is -0.120. The Labute approximate surface area is 124 Å². The molecule has 1 saturated carbocycles. The maximum atomic E-state index is 10.3. The molecule has 1 aliphatic heterocycles. The minimum atomic E-state index is -0.0758. The van der Waals surface area contributed by atoms with E-state index in [4.69, 9.17) is 4.74 Å². The summed E-state index contributed by atoms with van der Waals surface area (Å²) < 4.78 is 5.57. The van der Waals surface area contributed by atoms with E-state index >= 15 is 0 Å². The molecule has 4 atom stereocenters. The molecule has 0 spiro atoms. The van der Waals surface area contributed by atoms with Crippen LogP contribution in [0.25, 0.3) is 0 Å². The summed E-state index contributed by atoms with van der Waals surface area (Å²) in [7, 11) is 2.21. The van der Waals surface area contributed by atoms with Crippen LogP contribution in [0.1, 0.15) is 51.9 Å². The van der Waals surface area contributed by atoms with Gasteiger partial charge in [0, 0.05) is 19.7 Å². The molecule has 2 fully saturated rings. The third kappa shape index (κ3) is 5.01. The summed E-state index contributed by atoms with van der Waals surface area (Å²) in [4.78, 5) is 2.43. The van der Waals surface area contributed by atoms with E-state index in [0.29, 0.717) is 11.8 Å². The SMILES string of the molecule is CCCC1CCC(O)C(CN(C)CC2CCCOC2)C1. The second kappa shape index (κ2) is 8.35. The molecule has 0 radical (unpaired) electrons. The molecule has 0 aromatic rings. The predicted molar refractivity (Wildman–Crippen MR) is 82.8 cm³/mol. The Bertz CT molecular complexity index is 266. The number of rotatable bonds is 6. The molecule has 2 rings (SSSR count). The number of nitrogens with zero attached hydrogens (tertiary/aromatic N) is 1. The highest BCUT2D eigenvalue weighted by molar-refractivity contribution is 4.82. The summed E-state index contributed by atoms with van der Waals surface area (Å²) in [6, 6.07) is 0. The van der Waals surface area contributed by atoms with Crippen LogP contribution >= 0.6 is 0 Å². The molecule has 20 heavy (non-hydrogen) atoms. The molecule has 0 amide bonds. The van der Waals surface area contributed by atoms with Crippen molar-refractivity contribution in [2.75, 3.05) is 33.4 Å². The lowest BCUT2D eigenvalue weighted by Gasteiger charge is -2.36. The smallest absolute Gasteiger partial charge is 0.0580 e. The average Bonchev–Trinajstić information content (AvgIpc) is 2.44. The molecule has 3 heteroatoms. The molecule has 0 aromatic heterocycles. The van der Waals surface area contributed by atoms with Crippen LogP contribution in [0.3, 0.4) is 0 Å². The number of hydrogen-bond acceptors (Lipinski definition) is 3. The van der Waals surface area contributed by atoms with Crippen molar-refractivity contribution in [3.63, 3.8) is 0 Å². The Balaban J connectivity index is 1.74. The van der Waals surface area contributed by atoms with Crippen LogP contribution in [0.2, 0.25) is 0 Å². The second-order valence-corrected chi connectivity index (χ2v) is 7.10. The average molecular weight is 283 g/mol. The highest BCUT2D eigenvalue weighted by atomic mass is 16.5. The maximum absolute atomic E-state index is 10.3. The fourth-order valence-electron chi connectivity index (χ4n) is 4.08. The highest BCUT2D eigenvalue weighted by Gasteiger charge is 2.30. The van der Waals surface area contributed by atoms with Crippen molar-refractivity contribution in [1.82, 2.24) is 4.90 Å². The van der Waals surface area contributed by atoms with Gasteiger partial charge in [0.1, 0.15) is 0 Å². The first-order chi connectivity index (χ1) is 9.69. The van der Waals surface area contributed by atoms with E-state index < -0.39 is 0 Å². The summed E-state index contributed by atoms with van der Waals surface area (Å²) >= 11 is 0. The fraction of sp³-hybridized carbons (Fsp3) is 1.00. The minimum absolute atomic E-state index is 0.0758. The summed E-state index contributed by atoms with van der Waals surface area (Å²) in [5.41, 5.74) is 0. The van der Waals surface area contributed by atoms with Crippen LogP contribution in [-0.2, 0) is 4.74 Å². The Morgan fingerprint density at radius 1 is 1.15 bits per heavy atom. The molecular formula is C17H33NO2. The van der Waals surface area contributed by atoms with Gasteiger partial charge in [-0.1, -0.05) is 19.8 Å². The van der Waals surface area contributed by atoms with Crippen molar-refractivity contribution >= 4 is 0 Å².